The molecule has 0 bridgehead atoms. The Morgan fingerprint density at radius 2 is 2.04 bits per heavy atom. The Bertz CT molecular complexity index is 823. The van der Waals surface area contributed by atoms with Crippen LogP contribution in [0.3, 0.4) is 0 Å². The number of aryl methyl sites for hydroxylation is 1. The van der Waals surface area contributed by atoms with E-state index in [0.29, 0.717) is 22.7 Å². The third-order valence-electron chi connectivity index (χ3n) is 4.00. The van der Waals surface area contributed by atoms with Crippen molar-refractivity contribution >= 4 is 57.4 Å². The monoisotopic (exact) mass is 454 g/mol. The fraction of sp³-hybridized carbons (Fsp3) is 0.222. The van der Waals surface area contributed by atoms with E-state index in [2.05, 4.69) is 27.9 Å². The predicted molar refractivity (Wildman–Crippen MR) is 105 cm³/mol. The number of nitrogens with one attached hydrogen (secondary N) is 1. The molecule has 1 fully saturated rings. The van der Waals surface area contributed by atoms with Gasteiger partial charge in [0.25, 0.3) is 5.91 Å². The topological polar surface area (TPSA) is 49.4 Å². The Hall–Kier alpha value is -1.60. The van der Waals surface area contributed by atoms with E-state index in [-0.39, 0.29) is 11.8 Å². The molecule has 0 atom stereocenters. The maximum absolute atomic E-state index is 12.4. The molecule has 0 saturated carbocycles. The molecule has 124 valence electrons. The minimum Gasteiger partial charge on any atom is -0.322 e. The second-order valence-electron chi connectivity index (χ2n) is 5.73. The molecule has 2 aromatic rings. The highest BCUT2D eigenvalue weighted by Gasteiger charge is 2.23. The fourth-order valence-corrected chi connectivity index (χ4v) is 3.41. The van der Waals surface area contributed by atoms with Crippen molar-refractivity contribution in [1.29, 1.82) is 0 Å². The molecule has 3 rings (SSSR count). The molecular weight excluding hydrogens is 439 g/mol. The van der Waals surface area contributed by atoms with Gasteiger partial charge < -0.3 is 10.2 Å². The number of amides is 2. The number of carbonyl (C=O) groups excluding carboxylic acids is 2. The Morgan fingerprint density at radius 3 is 2.67 bits per heavy atom. The molecule has 0 spiro atoms. The van der Waals surface area contributed by atoms with E-state index in [4.69, 9.17) is 11.6 Å². The van der Waals surface area contributed by atoms with Crippen molar-refractivity contribution in [3.05, 3.63) is 56.1 Å². The molecule has 0 radical (unpaired) electrons. The summed E-state index contributed by atoms with van der Waals surface area (Å²) in [6.07, 6.45) is 1.50. The third-order valence-corrected chi connectivity index (χ3v) is 5.54. The second kappa shape index (κ2) is 7.11. The number of hydrogen-bond acceptors (Lipinski definition) is 2. The highest BCUT2D eigenvalue weighted by molar-refractivity contribution is 14.1. The minimum absolute atomic E-state index is 0.158. The van der Waals surface area contributed by atoms with E-state index in [0.717, 1.165) is 27.8 Å². The summed E-state index contributed by atoms with van der Waals surface area (Å²) >= 11 is 8.08. The molecule has 6 heteroatoms. The Balaban J connectivity index is 1.78. The van der Waals surface area contributed by atoms with Crippen LogP contribution >= 0.6 is 34.2 Å². The van der Waals surface area contributed by atoms with Gasteiger partial charge in [-0.25, -0.2) is 0 Å². The van der Waals surface area contributed by atoms with E-state index in [1.54, 1.807) is 18.2 Å². The Labute approximate surface area is 159 Å². The standard InChI is InChI=1S/C18H16ClIN2O2/c1-11-9-13(5-7-16(11)22-8-2-3-17(22)23)21-18(24)12-4-6-14(19)15(20)10-12/h4-7,9-10H,2-3,8H2,1H3,(H,21,24). The molecule has 1 heterocycles. The molecule has 0 aromatic heterocycles. The van der Waals surface area contributed by atoms with Gasteiger partial charge in [0.15, 0.2) is 0 Å². The third kappa shape index (κ3) is 3.57. The van der Waals surface area contributed by atoms with Gasteiger partial charge in [-0.3, -0.25) is 9.59 Å². The average Bonchev–Trinajstić information content (AvgIpc) is 2.96. The van der Waals surface area contributed by atoms with Crippen LogP contribution in [-0.2, 0) is 4.79 Å². The molecule has 4 nitrogen and oxygen atoms in total. The summed E-state index contributed by atoms with van der Waals surface area (Å²) in [4.78, 5) is 26.0. The van der Waals surface area contributed by atoms with Crippen LogP contribution in [0.25, 0.3) is 0 Å². The Morgan fingerprint density at radius 1 is 1.25 bits per heavy atom. The number of rotatable bonds is 3. The van der Waals surface area contributed by atoms with Crippen LogP contribution in [0.5, 0.6) is 0 Å². The van der Waals surface area contributed by atoms with Gasteiger partial charge in [-0.05, 0) is 77.9 Å². The largest absolute Gasteiger partial charge is 0.322 e. The number of anilines is 2. The number of carbonyl (C=O) groups is 2. The minimum atomic E-state index is -0.186. The van der Waals surface area contributed by atoms with Crippen LogP contribution in [0.15, 0.2) is 36.4 Å². The van der Waals surface area contributed by atoms with Crippen molar-refractivity contribution < 1.29 is 9.59 Å². The first-order valence-corrected chi connectivity index (χ1v) is 9.09. The van der Waals surface area contributed by atoms with Gasteiger partial charge in [0.05, 0.1) is 5.02 Å². The quantitative estimate of drug-likeness (QED) is 0.688. The lowest BCUT2D eigenvalue weighted by atomic mass is 10.1. The lowest BCUT2D eigenvalue weighted by Gasteiger charge is -2.19. The summed E-state index contributed by atoms with van der Waals surface area (Å²) in [6, 6.07) is 10.8. The molecule has 1 N–H and O–H groups in total. The van der Waals surface area contributed by atoms with Crippen LogP contribution in [0.1, 0.15) is 28.8 Å². The molecule has 24 heavy (non-hydrogen) atoms. The first-order valence-electron chi connectivity index (χ1n) is 7.63. The maximum Gasteiger partial charge on any atom is 0.255 e. The second-order valence-corrected chi connectivity index (χ2v) is 7.30. The van der Waals surface area contributed by atoms with Crippen molar-refractivity contribution in [3.63, 3.8) is 0 Å². The molecule has 1 aliphatic rings. The van der Waals surface area contributed by atoms with Crippen molar-refractivity contribution in [1.82, 2.24) is 0 Å². The zero-order valence-electron chi connectivity index (χ0n) is 13.1. The van der Waals surface area contributed by atoms with Gasteiger partial charge in [-0.2, -0.15) is 0 Å². The molecule has 1 saturated heterocycles. The number of nitrogens with zero attached hydrogens (tertiary/aromatic N) is 1. The number of halogens is 2. The van der Waals surface area contributed by atoms with E-state index in [1.807, 2.05) is 30.0 Å². The molecular formula is C18H16ClIN2O2. The van der Waals surface area contributed by atoms with Gasteiger partial charge in [-0.15, -0.1) is 0 Å². The summed E-state index contributed by atoms with van der Waals surface area (Å²) < 4.78 is 0.834. The van der Waals surface area contributed by atoms with Gasteiger partial charge in [0.2, 0.25) is 5.91 Å². The molecule has 2 aromatic carbocycles. The van der Waals surface area contributed by atoms with Gasteiger partial charge >= 0.3 is 0 Å². The van der Waals surface area contributed by atoms with Gasteiger partial charge in [-0.1, -0.05) is 11.6 Å². The highest BCUT2D eigenvalue weighted by atomic mass is 127. The van der Waals surface area contributed by atoms with Crippen LogP contribution < -0.4 is 10.2 Å². The van der Waals surface area contributed by atoms with Crippen LogP contribution in [0.2, 0.25) is 5.02 Å². The Kier molecular flexibility index (Phi) is 5.10. The van der Waals surface area contributed by atoms with Crippen molar-refractivity contribution in [2.45, 2.75) is 19.8 Å². The summed E-state index contributed by atoms with van der Waals surface area (Å²) in [5, 5.41) is 3.51. The molecule has 2 amide bonds. The van der Waals surface area contributed by atoms with Crippen LogP contribution in [0.4, 0.5) is 11.4 Å². The summed E-state index contributed by atoms with van der Waals surface area (Å²) in [5.41, 5.74) is 3.14. The zero-order chi connectivity index (χ0) is 17.3. The van der Waals surface area contributed by atoms with Crippen molar-refractivity contribution in [3.8, 4) is 0 Å². The molecule has 0 unspecified atom stereocenters. The van der Waals surface area contributed by atoms with E-state index in [9.17, 15) is 9.59 Å². The number of hydrogen-bond donors (Lipinski definition) is 1. The van der Waals surface area contributed by atoms with Crippen molar-refractivity contribution in [2.75, 3.05) is 16.8 Å². The first kappa shape index (κ1) is 17.2. The molecule has 1 aliphatic heterocycles. The van der Waals surface area contributed by atoms with Crippen molar-refractivity contribution in [2.24, 2.45) is 0 Å². The summed E-state index contributed by atoms with van der Waals surface area (Å²) in [6.45, 7) is 2.70. The zero-order valence-corrected chi connectivity index (χ0v) is 16.0. The van der Waals surface area contributed by atoms with E-state index in [1.165, 1.54) is 0 Å². The maximum atomic E-state index is 12.4. The SMILES string of the molecule is Cc1cc(NC(=O)c2ccc(Cl)c(I)c2)ccc1N1CCCC1=O. The molecule has 0 aliphatic carbocycles. The normalized spacial score (nSPS) is 14.1. The lowest BCUT2D eigenvalue weighted by Crippen LogP contribution is -2.24. The van der Waals surface area contributed by atoms with Crippen LogP contribution in [0, 0.1) is 10.5 Å². The first-order chi connectivity index (χ1) is 11.5. The average molecular weight is 455 g/mol. The summed E-state index contributed by atoms with van der Waals surface area (Å²) in [5.74, 6) is -0.0281. The van der Waals surface area contributed by atoms with Gasteiger partial charge in [0, 0.05) is 33.5 Å². The smallest absolute Gasteiger partial charge is 0.255 e. The lowest BCUT2D eigenvalue weighted by molar-refractivity contribution is -0.117. The van der Waals surface area contributed by atoms with Crippen LogP contribution in [-0.4, -0.2) is 18.4 Å². The van der Waals surface area contributed by atoms with E-state index >= 15 is 0 Å². The summed E-state index contributed by atoms with van der Waals surface area (Å²) in [7, 11) is 0. The fourth-order valence-electron chi connectivity index (χ4n) is 2.78. The highest BCUT2D eigenvalue weighted by Crippen LogP contribution is 2.28. The predicted octanol–water partition coefficient (Wildman–Crippen LogP) is 4.63. The van der Waals surface area contributed by atoms with E-state index < -0.39 is 0 Å². The number of benzene rings is 2. The van der Waals surface area contributed by atoms with Gasteiger partial charge in [0.1, 0.15) is 0 Å².